The van der Waals surface area contributed by atoms with Crippen molar-refractivity contribution < 1.29 is 44.8 Å². The van der Waals surface area contributed by atoms with Crippen molar-refractivity contribution in [2.24, 2.45) is 5.92 Å². The summed E-state index contributed by atoms with van der Waals surface area (Å²) in [6.45, 7) is 5.64. The van der Waals surface area contributed by atoms with Gasteiger partial charge in [0.2, 0.25) is 13.6 Å². The Balaban J connectivity index is 1.57. The Kier molecular flexibility index (Phi) is 11.7. The number of ether oxygens (including phenoxy) is 5. The highest BCUT2D eigenvalue weighted by atomic mass is 127. The molecular formula is C36H41BI2O10S. The summed E-state index contributed by atoms with van der Waals surface area (Å²) in [7, 11) is 1.93. The molecule has 50 heavy (non-hydrogen) atoms. The van der Waals surface area contributed by atoms with E-state index in [2.05, 4.69) is 26.5 Å². The second kappa shape index (κ2) is 15.4. The number of fused-ring (bicyclic) bond motifs is 3. The topological polar surface area (TPSA) is 122 Å². The largest absolute Gasteiger partial charge is 0.496 e. The van der Waals surface area contributed by atoms with Crippen LogP contribution in [0.4, 0.5) is 0 Å². The lowest BCUT2D eigenvalue weighted by atomic mass is 9.55. The number of aliphatic hydroxyl groups is 2. The Labute approximate surface area is 326 Å². The third-order valence-corrected chi connectivity index (χ3v) is 12.1. The molecule has 1 saturated carbocycles. The number of methoxy groups -OCH3 is 1. The molecule has 0 amide bonds. The van der Waals surface area contributed by atoms with Crippen LogP contribution in [0.3, 0.4) is 0 Å². The highest BCUT2D eigenvalue weighted by Crippen LogP contribution is 2.73. The number of hydrogen-bond acceptors (Lipinski definition) is 11. The van der Waals surface area contributed by atoms with E-state index in [9.17, 15) is 15.0 Å². The third-order valence-electron chi connectivity index (χ3n) is 10.3. The third kappa shape index (κ3) is 6.27. The van der Waals surface area contributed by atoms with Crippen molar-refractivity contribution in [1.82, 2.24) is 0 Å². The molecule has 0 bridgehead atoms. The first kappa shape index (κ1) is 38.1. The molecule has 0 spiro atoms. The predicted molar refractivity (Wildman–Crippen MR) is 208 cm³/mol. The summed E-state index contributed by atoms with van der Waals surface area (Å²) in [6.07, 6.45) is -2.22. The minimum atomic E-state index is -1.48. The van der Waals surface area contributed by atoms with Crippen LogP contribution in [0.5, 0.6) is 17.2 Å². The molecule has 3 aliphatic rings. The van der Waals surface area contributed by atoms with Crippen molar-refractivity contribution in [1.29, 1.82) is 0 Å². The van der Waals surface area contributed by atoms with Gasteiger partial charge in [-0.3, -0.25) is 3.07 Å². The van der Waals surface area contributed by atoms with Crippen molar-refractivity contribution in [3.63, 3.8) is 0 Å². The number of aryl methyl sites for hydroxylation is 1. The van der Waals surface area contributed by atoms with E-state index in [1.807, 2.05) is 108 Å². The quantitative estimate of drug-likeness (QED) is 0.108. The number of thiol groups is 1. The van der Waals surface area contributed by atoms with Crippen LogP contribution in [-0.4, -0.2) is 73.5 Å². The smallest absolute Gasteiger partial charge is 0.225 e. The number of benzene rings is 3. The average Bonchev–Trinajstić information content (AvgIpc) is 3.56. The van der Waals surface area contributed by atoms with Gasteiger partial charge in [0.25, 0.3) is 0 Å². The maximum Gasteiger partial charge on any atom is 0.225 e. The zero-order chi connectivity index (χ0) is 35.8. The van der Waals surface area contributed by atoms with E-state index in [0.717, 1.165) is 23.1 Å². The van der Waals surface area contributed by atoms with Gasteiger partial charge in [-0.25, -0.2) is 0 Å². The van der Waals surface area contributed by atoms with Gasteiger partial charge in [-0.15, -0.1) is 12.6 Å². The fraction of sp³-hybridized carbons (Fsp3) is 0.472. The number of aliphatic hydroxyl groups excluding tert-OH is 2. The van der Waals surface area contributed by atoms with Crippen LogP contribution in [0.25, 0.3) is 0 Å². The summed E-state index contributed by atoms with van der Waals surface area (Å²) in [5, 5.41) is 19.9. The van der Waals surface area contributed by atoms with Gasteiger partial charge in [-0.05, 0) is 18.1 Å². The van der Waals surface area contributed by atoms with Gasteiger partial charge >= 0.3 is 0 Å². The molecule has 6 unspecified atom stereocenters. The first-order chi connectivity index (χ1) is 24.0. The fourth-order valence-corrected chi connectivity index (χ4v) is 9.49. The molecule has 6 rings (SSSR count). The molecule has 0 radical (unpaired) electrons. The normalized spacial score (nSPS) is 31.2. The lowest BCUT2D eigenvalue weighted by Gasteiger charge is -2.42. The maximum atomic E-state index is 14.6. The molecule has 2 heterocycles. The Morgan fingerprint density at radius 2 is 1.86 bits per heavy atom. The summed E-state index contributed by atoms with van der Waals surface area (Å²) in [5.41, 5.74) is 0.762. The van der Waals surface area contributed by atoms with E-state index in [1.54, 1.807) is 19.2 Å². The van der Waals surface area contributed by atoms with Gasteiger partial charge in [-0.2, -0.15) is 0 Å². The Hall–Kier alpha value is -1.64. The van der Waals surface area contributed by atoms with E-state index in [0.29, 0.717) is 30.1 Å². The van der Waals surface area contributed by atoms with Gasteiger partial charge < -0.3 is 41.8 Å². The summed E-state index contributed by atoms with van der Waals surface area (Å²) in [4.78, 5) is 13.2. The molecule has 2 fully saturated rings. The van der Waals surface area contributed by atoms with Crippen LogP contribution >= 0.6 is 58.6 Å². The standard InChI is InChI=1S/C36H41BI2O10S/c1-5-21(3)37-33(42)29-30(22-9-7-6-8-10-22)35(23-13-11-20(2)12-14-23)36(49-39,32(29)48-38)31-25(43-4)15-24(16-26(31)46-35)45-28-18-44-19-34(50,47-28)27(41)17-40/h6-16,21,27-30,32,37,40-41,50H,5,17-19H2,1-4H3/t21?,27?,28?,29?,30-,32?,34?,35+,36+/m1/s1. The lowest BCUT2D eigenvalue weighted by molar-refractivity contribution is -0.248. The summed E-state index contributed by atoms with van der Waals surface area (Å²) < 4.78 is 44.5. The van der Waals surface area contributed by atoms with Gasteiger partial charge in [0.05, 0.1) is 31.6 Å². The Bertz CT molecular complexity index is 1670. The molecule has 1 aliphatic carbocycles. The molecule has 3 aromatic rings. The molecule has 3 aromatic carbocycles. The SMILES string of the molecule is CCC(C)BC(=O)C1C(OI)[C@@]2(OI)c3c(OC)cc(OC4COCC(S)(C(O)CO)O4)cc3O[C@@]2(c2ccc(C)cc2)[C@@H]1c1ccccc1. The molecule has 0 aromatic heterocycles. The number of halogens is 2. The monoisotopic (exact) mass is 930 g/mol. The second-order valence-corrected chi connectivity index (χ2v) is 15.1. The molecular weight excluding hydrogens is 889 g/mol. The highest BCUT2D eigenvalue weighted by Gasteiger charge is 2.80. The van der Waals surface area contributed by atoms with Gasteiger partial charge in [0.1, 0.15) is 82.1 Å². The molecule has 2 N–H and O–H groups in total. The van der Waals surface area contributed by atoms with Crippen LogP contribution in [0, 0.1) is 12.8 Å². The lowest BCUT2D eigenvalue weighted by Crippen LogP contribution is -2.54. The molecule has 268 valence electrons. The number of rotatable bonds is 13. The summed E-state index contributed by atoms with van der Waals surface area (Å²) >= 11 is 8.27. The van der Waals surface area contributed by atoms with Crippen molar-refractivity contribution >= 4 is 71.6 Å². The first-order valence-electron chi connectivity index (χ1n) is 16.6. The first-order valence-corrected chi connectivity index (χ1v) is 18.8. The van der Waals surface area contributed by atoms with Crippen LogP contribution in [0.15, 0.2) is 66.7 Å². The second-order valence-electron chi connectivity index (χ2n) is 13.3. The minimum Gasteiger partial charge on any atom is -0.496 e. The Morgan fingerprint density at radius 1 is 1.14 bits per heavy atom. The number of carbonyl (C=O) groups excluding carboxylic acids is 1. The predicted octanol–water partition coefficient (Wildman–Crippen LogP) is 5.91. The van der Waals surface area contributed by atoms with E-state index >= 15 is 0 Å². The van der Waals surface area contributed by atoms with Crippen LogP contribution in [0.1, 0.15) is 48.4 Å². The molecule has 10 nitrogen and oxygen atoms in total. The zero-order valence-electron chi connectivity index (χ0n) is 28.2. The Morgan fingerprint density at radius 3 is 2.48 bits per heavy atom. The van der Waals surface area contributed by atoms with E-state index < -0.39 is 53.1 Å². The average molecular weight is 930 g/mol. The van der Waals surface area contributed by atoms with E-state index in [-0.39, 0.29) is 24.7 Å². The molecule has 9 atom stereocenters. The van der Waals surface area contributed by atoms with Gasteiger partial charge in [0, 0.05) is 24.0 Å². The fourth-order valence-electron chi connectivity index (χ4n) is 7.72. The van der Waals surface area contributed by atoms with Crippen molar-refractivity contribution in [3.05, 3.63) is 89.0 Å². The van der Waals surface area contributed by atoms with Crippen molar-refractivity contribution in [3.8, 4) is 17.2 Å². The maximum absolute atomic E-state index is 14.6. The minimum absolute atomic E-state index is 0.0433. The van der Waals surface area contributed by atoms with E-state index in [4.69, 9.17) is 29.8 Å². The van der Waals surface area contributed by atoms with Gasteiger partial charge in [0.15, 0.2) is 16.1 Å². The van der Waals surface area contributed by atoms with Crippen LogP contribution in [-0.2, 0) is 31.6 Å². The molecule has 2 aliphatic heterocycles. The highest BCUT2D eigenvalue weighted by molar-refractivity contribution is 14.1. The van der Waals surface area contributed by atoms with Crippen molar-refractivity contribution in [2.75, 3.05) is 26.9 Å². The molecule has 1 saturated heterocycles. The molecule has 14 heteroatoms. The van der Waals surface area contributed by atoms with E-state index in [1.165, 1.54) is 0 Å². The summed E-state index contributed by atoms with van der Waals surface area (Å²) in [5.74, 6) is 0.131. The number of carbonyl (C=O) groups is 1. The van der Waals surface area contributed by atoms with Crippen molar-refractivity contribution in [2.45, 2.75) is 73.6 Å². The van der Waals surface area contributed by atoms with Gasteiger partial charge in [-0.1, -0.05) is 86.2 Å². The van der Waals surface area contributed by atoms with Crippen LogP contribution in [0.2, 0.25) is 5.82 Å². The van der Waals surface area contributed by atoms with Crippen LogP contribution < -0.4 is 14.2 Å². The number of hydrogen-bond donors (Lipinski definition) is 3. The summed E-state index contributed by atoms with van der Waals surface area (Å²) in [6, 6.07) is 21.5. The zero-order valence-corrected chi connectivity index (χ0v) is 33.4.